The van der Waals surface area contributed by atoms with Crippen LogP contribution in [0.5, 0.6) is 0 Å². The molecule has 1 aliphatic carbocycles. The Morgan fingerprint density at radius 3 is 2.19 bits per heavy atom. The van der Waals surface area contributed by atoms with E-state index < -0.39 is 0 Å². The first-order chi connectivity index (χ1) is 7.60. The highest BCUT2D eigenvalue weighted by Crippen LogP contribution is 2.38. The van der Waals surface area contributed by atoms with Gasteiger partial charge in [-0.25, -0.2) is 0 Å². The van der Waals surface area contributed by atoms with Gasteiger partial charge in [-0.05, 0) is 37.2 Å². The molecule has 1 aliphatic rings. The van der Waals surface area contributed by atoms with Crippen molar-refractivity contribution >= 4 is 0 Å². The van der Waals surface area contributed by atoms with Crippen molar-refractivity contribution in [2.24, 2.45) is 17.6 Å². The zero-order valence-electron chi connectivity index (χ0n) is 10.4. The first-order valence-corrected chi connectivity index (χ1v) is 6.45. The highest BCUT2D eigenvalue weighted by molar-refractivity contribution is 5.24. The predicted octanol–water partition coefficient (Wildman–Crippen LogP) is 3.69. The Morgan fingerprint density at radius 1 is 1.06 bits per heavy atom. The van der Waals surface area contributed by atoms with E-state index in [0.29, 0.717) is 5.92 Å². The molecule has 1 saturated carbocycles. The van der Waals surface area contributed by atoms with Crippen LogP contribution in [0, 0.1) is 11.8 Å². The second kappa shape index (κ2) is 4.58. The van der Waals surface area contributed by atoms with Crippen LogP contribution < -0.4 is 5.73 Å². The molecule has 88 valence electrons. The number of nitrogens with two attached hydrogens (primary N) is 1. The van der Waals surface area contributed by atoms with E-state index in [0.717, 1.165) is 5.92 Å². The molecule has 0 heterocycles. The first kappa shape index (κ1) is 11.7. The molecule has 0 aromatic heterocycles. The van der Waals surface area contributed by atoms with Gasteiger partial charge in [0.05, 0.1) is 0 Å². The van der Waals surface area contributed by atoms with Crippen LogP contribution in [0.15, 0.2) is 30.3 Å². The van der Waals surface area contributed by atoms with Gasteiger partial charge in [0.2, 0.25) is 0 Å². The molecular weight excluding hydrogens is 194 g/mol. The Bertz CT molecular complexity index is 321. The van der Waals surface area contributed by atoms with E-state index >= 15 is 0 Å². The SMILES string of the molecule is CC1CCC(C(C)(N)c2ccccc2)CC1. The molecule has 2 rings (SSSR count). The summed E-state index contributed by atoms with van der Waals surface area (Å²) in [5.74, 6) is 1.54. The molecule has 1 heteroatoms. The number of benzene rings is 1. The summed E-state index contributed by atoms with van der Waals surface area (Å²) in [4.78, 5) is 0. The van der Waals surface area contributed by atoms with Gasteiger partial charge >= 0.3 is 0 Å². The summed E-state index contributed by atoms with van der Waals surface area (Å²) in [6.07, 6.45) is 5.24. The molecule has 0 aliphatic heterocycles. The Balaban J connectivity index is 2.13. The van der Waals surface area contributed by atoms with Crippen LogP contribution in [0.1, 0.15) is 45.1 Å². The molecule has 1 nitrogen and oxygen atoms in total. The summed E-state index contributed by atoms with van der Waals surface area (Å²) in [7, 11) is 0. The lowest BCUT2D eigenvalue weighted by Crippen LogP contribution is -2.42. The van der Waals surface area contributed by atoms with Crippen molar-refractivity contribution in [3.8, 4) is 0 Å². The van der Waals surface area contributed by atoms with E-state index in [1.165, 1.54) is 31.2 Å². The lowest BCUT2D eigenvalue weighted by molar-refractivity contribution is 0.193. The van der Waals surface area contributed by atoms with E-state index in [2.05, 4.69) is 44.2 Å². The fraction of sp³-hybridized carbons (Fsp3) is 0.600. The van der Waals surface area contributed by atoms with Gasteiger partial charge in [-0.2, -0.15) is 0 Å². The smallest absolute Gasteiger partial charge is 0.0409 e. The number of rotatable bonds is 2. The van der Waals surface area contributed by atoms with Crippen molar-refractivity contribution in [3.05, 3.63) is 35.9 Å². The van der Waals surface area contributed by atoms with Crippen molar-refractivity contribution in [2.75, 3.05) is 0 Å². The minimum Gasteiger partial charge on any atom is -0.321 e. The van der Waals surface area contributed by atoms with Crippen molar-refractivity contribution < 1.29 is 0 Å². The van der Waals surface area contributed by atoms with Crippen molar-refractivity contribution in [3.63, 3.8) is 0 Å². The largest absolute Gasteiger partial charge is 0.321 e. The van der Waals surface area contributed by atoms with Crippen molar-refractivity contribution in [1.29, 1.82) is 0 Å². The van der Waals surface area contributed by atoms with E-state index in [9.17, 15) is 0 Å². The van der Waals surface area contributed by atoms with E-state index in [1.54, 1.807) is 0 Å². The average Bonchev–Trinajstić information content (AvgIpc) is 2.31. The van der Waals surface area contributed by atoms with Crippen LogP contribution in [-0.4, -0.2) is 0 Å². The van der Waals surface area contributed by atoms with Gasteiger partial charge in [-0.1, -0.05) is 50.1 Å². The Labute approximate surface area is 99.0 Å². The molecule has 0 amide bonds. The quantitative estimate of drug-likeness (QED) is 0.803. The monoisotopic (exact) mass is 217 g/mol. The summed E-state index contributed by atoms with van der Waals surface area (Å²) in [5, 5.41) is 0. The molecule has 0 bridgehead atoms. The molecule has 0 radical (unpaired) electrons. The molecular formula is C15H23N. The van der Waals surface area contributed by atoms with Gasteiger partial charge in [-0.3, -0.25) is 0 Å². The summed E-state index contributed by atoms with van der Waals surface area (Å²) >= 11 is 0. The fourth-order valence-electron chi connectivity index (χ4n) is 2.89. The second-order valence-corrected chi connectivity index (χ2v) is 5.61. The highest BCUT2D eigenvalue weighted by Gasteiger charge is 2.33. The molecule has 2 N–H and O–H groups in total. The van der Waals surface area contributed by atoms with Gasteiger partial charge in [0.15, 0.2) is 0 Å². The van der Waals surface area contributed by atoms with Gasteiger partial charge < -0.3 is 5.73 Å². The van der Waals surface area contributed by atoms with Crippen molar-refractivity contribution in [2.45, 2.75) is 45.1 Å². The third-order valence-corrected chi connectivity index (χ3v) is 4.26. The Hall–Kier alpha value is -0.820. The minimum absolute atomic E-state index is 0.151. The third kappa shape index (κ3) is 2.30. The summed E-state index contributed by atoms with van der Waals surface area (Å²) in [6.45, 7) is 4.55. The maximum atomic E-state index is 6.56. The van der Waals surface area contributed by atoms with Crippen LogP contribution in [0.3, 0.4) is 0 Å². The minimum atomic E-state index is -0.151. The lowest BCUT2D eigenvalue weighted by Gasteiger charge is -2.39. The van der Waals surface area contributed by atoms with Crippen molar-refractivity contribution in [1.82, 2.24) is 0 Å². The Kier molecular flexibility index (Phi) is 3.34. The summed E-state index contributed by atoms with van der Waals surface area (Å²) < 4.78 is 0. The molecule has 0 saturated heterocycles. The van der Waals surface area contributed by atoms with E-state index in [4.69, 9.17) is 5.73 Å². The Morgan fingerprint density at radius 2 is 1.62 bits per heavy atom. The van der Waals surface area contributed by atoms with Gasteiger partial charge in [0.1, 0.15) is 0 Å². The molecule has 0 spiro atoms. The predicted molar refractivity (Wildman–Crippen MR) is 69.1 cm³/mol. The maximum Gasteiger partial charge on any atom is 0.0409 e. The molecule has 1 aromatic carbocycles. The molecule has 1 fully saturated rings. The fourth-order valence-corrected chi connectivity index (χ4v) is 2.89. The zero-order valence-corrected chi connectivity index (χ0v) is 10.4. The van der Waals surface area contributed by atoms with Gasteiger partial charge in [0.25, 0.3) is 0 Å². The molecule has 1 atom stereocenters. The third-order valence-electron chi connectivity index (χ3n) is 4.26. The van der Waals surface area contributed by atoms with Gasteiger partial charge in [-0.15, -0.1) is 0 Å². The topological polar surface area (TPSA) is 26.0 Å². The summed E-state index contributed by atoms with van der Waals surface area (Å²) in [5.41, 5.74) is 7.69. The van der Waals surface area contributed by atoms with Gasteiger partial charge in [0, 0.05) is 5.54 Å². The number of hydrogen-bond donors (Lipinski definition) is 1. The second-order valence-electron chi connectivity index (χ2n) is 5.61. The van der Waals surface area contributed by atoms with E-state index in [1.807, 2.05) is 0 Å². The van der Waals surface area contributed by atoms with E-state index in [-0.39, 0.29) is 5.54 Å². The van der Waals surface area contributed by atoms with Crippen LogP contribution in [0.25, 0.3) is 0 Å². The summed E-state index contributed by atoms with van der Waals surface area (Å²) in [6, 6.07) is 10.6. The number of hydrogen-bond acceptors (Lipinski definition) is 1. The highest BCUT2D eigenvalue weighted by atomic mass is 14.7. The zero-order chi connectivity index (χ0) is 11.6. The molecule has 1 unspecified atom stereocenters. The van der Waals surface area contributed by atoms with Crippen LogP contribution in [0.4, 0.5) is 0 Å². The van der Waals surface area contributed by atoms with Crippen LogP contribution in [-0.2, 0) is 5.54 Å². The average molecular weight is 217 g/mol. The lowest BCUT2D eigenvalue weighted by atomic mass is 9.70. The van der Waals surface area contributed by atoms with Crippen LogP contribution in [0.2, 0.25) is 0 Å². The standard InChI is InChI=1S/C15H23N/c1-12-8-10-14(11-9-12)15(2,16)13-6-4-3-5-7-13/h3-7,12,14H,8-11,16H2,1-2H3. The normalized spacial score (nSPS) is 29.7. The maximum absolute atomic E-state index is 6.56. The molecule has 16 heavy (non-hydrogen) atoms. The first-order valence-electron chi connectivity index (χ1n) is 6.45. The molecule has 1 aromatic rings. The van der Waals surface area contributed by atoms with Crippen LogP contribution >= 0.6 is 0 Å².